The largest absolute Gasteiger partial charge is 0.534 e. The molecular weight excluding hydrogens is 271 g/mol. The Morgan fingerprint density at radius 3 is 2.33 bits per heavy atom. The molecule has 0 spiro atoms. The molecule has 0 aromatic rings. The number of nitrogens with zero attached hydrogens (tertiary/aromatic N) is 1. The van der Waals surface area contributed by atoms with Gasteiger partial charge in [0.1, 0.15) is 5.76 Å². The summed E-state index contributed by atoms with van der Waals surface area (Å²) >= 11 is 0. The van der Waals surface area contributed by atoms with Gasteiger partial charge in [-0.2, -0.15) is 26.9 Å². The van der Waals surface area contributed by atoms with Crippen molar-refractivity contribution in [3.05, 3.63) is 11.8 Å². The predicted octanol–water partition coefficient (Wildman–Crippen LogP) is 3.09. The van der Waals surface area contributed by atoms with Crippen molar-refractivity contribution in [1.82, 2.24) is 0 Å². The summed E-state index contributed by atoms with van der Waals surface area (Å²) in [5.41, 5.74) is -5.49. The summed E-state index contributed by atoms with van der Waals surface area (Å²) in [5, 5.41) is 8.47. The molecule has 0 aliphatic carbocycles. The standard InChI is InChI=1S/C10H14F3NO3S/c1-3-5-8(4-2)9(6-7-14)17-18(15,16)10(11,12)13/h6,8H,3-5H2,1-2H3/b9-6-. The maximum absolute atomic E-state index is 12.2. The van der Waals surface area contributed by atoms with Crippen molar-refractivity contribution < 1.29 is 25.8 Å². The molecule has 0 aliphatic heterocycles. The molecule has 0 aromatic carbocycles. The minimum absolute atomic E-state index is 0.384. The fourth-order valence-electron chi connectivity index (χ4n) is 1.34. The summed E-state index contributed by atoms with van der Waals surface area (Å²) in [4.78, 5) is 0. The monoisotopic (exact) mass is 285 g/mol. The van der Waals surface area contributed by atoms with E-state index < -0.39 is 27.3 Å². The number of allylic oxidation sites excluding steroid dienone is 2. The average molecular weight is 285 g/mol. The Balaban J connectivity index is 5.21. The highest BCUT2D eigenvalue weighted by molar-refractivity contribution is 7.87. The normalized spacial score (nSPS) is 15.0. The lowest BCUT2D eigenvalue weighted by molar-refractivity contribution is -0.0527. The van der Waals surface area contributed by atoms with Crippen molar-refractivity contribution in [2.75, 3.05) is 0 Å². The van der Waals surface area contributed by atoms with Gasteiger partial charge in [0, 0.05) is 5.92 Å². The lowest BCUT2D eigenvalue weighted by atomic mass is 9.98. The Morgan fingerprint density at radius 2 is 2.00 bits per heavy atom. The first-order valence-electron chi connectivity index (χ1n) is 5.30. The van der Waals surface area contributed by atoms with Gasteiger partial charge in [0.05, 0.1) is 12.1 Å². The first-order valence-corrected chi connectivity index (χ1v) is 6.70. The molecule has 0 rings (SSSR count). The molecule has 1 unspecified atom stereocenters. The smallest absolute Gasteiger partial charge is 0.380 e. The minimum Gasteiger partial charge on any atom is -0.380 e. The molecule has 18 heavy (non-hydrogen) atoms. The molecule has 0 N–H and O–H groups in total. The third kappa shape index (κ3) is 4.56. The third-order valence-electron chi connectivity index (χ3n) is 2.23. The van der Waals surface area contributed by atoms with Gasteiger partial charge < -0.3 is 4.18 Å². The van der Waals surface area contributed by atoms with Crippen LogP contribution < -0.4 is 0 Å². The molecule has 0 fully saturated rings. The van der Waals surface area contributed by atoms with Gasteiger partial charge in [0.25, 0.3) is 0 Å². The molecule has 0 heterocycles. The molecule has 0 amide bonds. The van der Waals surface area contributed by atoms with Crippen molar-refractivity contribution in [2.45, 2.75) is 38.6 Å². The van der Waals surface area contributed by atoms with Crippen LogP contribution in [0.15, 0.2) is 11.8 Å². The zero-order valence-electron chi connectivity index (χ0n) is 9.99. The average Bonchev–Trinajstić information content (AvgIpc) is 2.23. The van der Waals surface area contributed by atoms with Crippen LogP contribution in [0.2, 0.25) is 0 Å². The molecular formula is C10H14F3NO3S. The van der Waals surface area contributed by atoms with Gasteiger partial charge in [-0.1, -0.05) is 20.3 Å². The summed E-state index contributed by atoms with van der Waals surface area (Å²) in [5.74, 6) is -0.981. The lowest BCUT2D eigenvalue weighted by Crippen LogP contribution is -2.26. The van der Waals surface area contributed by atoms with E-state index in [-0.39, 0.29) is 0 Å². The highest BCUT2D eigenvalue weighted by atomic mass is 32.2. The van der Waals surface area contributed by atoms with Gasteiger partial charge in [0.2, 0.25) is 0 Å². The van der Waals surface area contributed by atoms with Crippen molar-refractivity contribution >= 4 is 10.1 Å². The van der Waals surface area contributed by atoms with Crippen LogP contribution >= 0.6 is 0 Å². The van der Waals surface area contributed by atoms with Crippen LogP contribution in [-0.4, -0.2) is 13.9 Å². The fourth-order valence-corrected chi connectivity index (χ4v) is 1.88. The van der Waals surface area contributed by atoms with Crippen molar-refractivity contribution in [2.24, 2.45) is 5.92 Å². The van der Waals surface area contributed by atoms with E-state index in [4.69, 9.17) is 5.26 Å². The van der Waals surface area contributed by atoms with Gasteiger partial charge in [-0.25, -0.2) is 0 Å². The van der Waals surface area contributed by atoms with Gasteiger partial charge in [-0.15, -0.1) is 0 Å². The van der Waals surface area contributed by atoms with Gasteiger partial charge in [-0.05, 0) is 12.8 Å². The van der Waals surface area contributed by atoms with Crippen molar-refractivity contribution in [3.8, 4) is 6.07 Å². The van der Waals surface area contributed by atoms with Crippen molar-refractivity contribution in [3.63, 3.8) is 0 Å². The zero-order chi connectivity index (χ0) is 14.4. The predicted molar refractivity (Wildman–Crippen MR) is 58.4 cm³/mol. The van der Waals surface area contributed by atoms with Crippen LogP contribution in [0.3, 0.4) is 0 Å². The van der Waals surface area contributed by atoms with Crippen LogP contribution in [-0.2, 0) is 14.3 Å². The number of hydrogen-bond acceptors (Lipinski definition) is 4. The van der Waals surface area contributed by atoms with E-state index in [0.717, 1.165) is 0 Å². The van der Waals surface area contributed by atoms with E-state index in [1.54, 1.807) is 13.8 Å². The number of halogens is 3. The molecule has 0 aromatic heterocycles. The topological polar surface area (TPSA) is 67.2 Å². The number of alkyl halides is 3. The van der Waals surface area contributed by atoms with Gasteiger partial charge >= 0.3 is 15.6 Å². The van der Waals surface area contributed by atoms with Gasteiger partial charge in [-0.3, -0.25) is 0 Å². The summed E-state index contributed by atoms with van der Waals surface area (Å²) in [6, 6.07) is 1.50. The number of rotatable bonds is 6. The molecule has 104 valence electrons. The quantitative estimate of drug-likeness (QED) is 0.325. The SMILES string of the molecule is CCCC(CC)/C(=C/C#N)OS(=O)(=O)C(F)(F)F. The van der Waals surface area contributed by atoms with E-state index in [9.17, 15) is 21.6 Å². The van der Waals surface area contributed by atoms with Crippen LogP contribution in [0.5, 0.6) is 0 Å². The van der Waals surface area contributed by atoms with Crippen LogP contribution in [0, 0.1) is 17.2 Å². The van der Waals surface area contributed by atoms with E-state index in [2.05, 4.69) is 4.18 Å². The van der Waals surface area contributed by atoms with Crippen LogP contribution in [0.25, 0.3) is 0 Å². The van der Waals surface area contributed by atoms with E-state index in [1.165, 1.54) is 6.07 Å². The Kier molecular flexibility index (Phi) is 6.18. The summed E-state index contributed by atoms with van der Waals surface area (Å²) < 4.78 is 62.3. The van der Waals surface area contributed by atoms with E-state index in [0.29, 0.717) is 25.3 Å². The van der Waals surface area contributed by atoms with Crippen LogP contribution in [0.4, 0.5) is 13.2 Å². The number of hydrogen-bond donors (Lipinski definition) is 0. The van der Waals surface area contributed by atoms with Crippen molar-refractivity contribution in [1.29, 1.82) is 5.26 Å². The minimum atomic E-state index is -5.71. The Labute approximate surface area is 104 Å². The third-order valence-corrected chi connectivity index (χ3v) is 3.21. The molecule has 1 atom stereocenters. The fraction of sp³-hybridized carbons (Fsp3) is 0.700. The molecule has 0 saturated carbocycles. The Bertz CT molecular complexity index is 434. The molecule has 4 nitrogen and oxygen atoms in total. The molecule has 0 aliphatic rings. The first kappa shape index (κ1) is 16.8. The Morgan fingerprint density at radius 1 is 1.44 bits per heavy atom. The highest BCUT2D eigenvalue weighted by Crippen LogP contribution is 2.30. The second-order valence-electron chi connectivity index (χ2n) is 3.55. The molecule has 8 heteroatoms. The Hall–Kier alpha value is -1.23. The van der Waals surface area contributed by atoms with E-state index >= 15 is 0 Å². The second kappa shape index (κ2) is 6.64. The maximum atomic E-state index is 12.2. The summed E-state index contributed by atoms with van der Waals surface area (Å²) in [6.07, 6.45) is 2.16. The zero-order valence-corrected chi connectivity index (χ0v) is 10.8. The first-order chi connectivity index (χ1) is 8.19. The second-order valence-corrected chi connectivity index (χ2v) is 5.09. The lowest BCUT2D eigenvalue weighted by Gasteiger charge is -2.18. The molecule has 0 radical (unpaired) electrons. The highest BCUT2D eigenvalue weighted by Gasteiger charge is 2.49. The van der Waals surface area contributed by atoms with Crippen LogP contribution in [0.1, 0.15) is 33.1 Å². The molecule has 0 saturated heterocycles. The summed E-state index contributed by atoms with van der Waals surface area (Å²) in [6.45, 7) is 3.47. The molecule has 0 bridgehead atoms. The summed E-state index contributed by atoms with van der Waals surface area (Å²) in [7, 11) is -5.71. The number of nitriles is 1. The van der Waals surface area contributed by atoms with Gasteiger partial charge in [0.15, 0.2) is 0 Å². The van der Waals surface area contributed by atoms with E-state index in [1.807, 2.05) is 0 Å². The maximum Gasteiger partial charge on any atom is 0.534 e.